The number of pyridine rings is 1. The minimum atomic E-state index is -3.73. The molecule has 1 unspecified atom stereocenters. The highest BCUT2D eigenvalue weighted by molar-refractivity contribution is 8.00. The Morgan fingerprint density at radius 3 is 2.71 bits per heavy atom. The van der Waals surface area contributed by atoms with Crippen molar-refractivity contribution in [2.24, 2.45) is 5.41 Å². The SMILES string of the molecule is CC1(CNc2ncc(Cl)cc2S(=O)(=O)NC2CCSC(C)(C)C2)CCOCC1. The summed E-state index contributed by atoms with van der Waals surface area (Å²) in [6, 6.07) is 1.40. The predicted molar refractivity (Wildman–Crippen MR) is 116 cm³/mol. The van der Waals surface area contributed by atoms with Crippen LogP contribution < -0.4 is 10.0 Å². The van der Waals surface area contributed by atoms with Gasteiger partial charge in [0.1, 0.15) is 10.7 Å². The van der Waals surface area contributed by atoms with Crippen molar-refractivity contribution in [3.63, 3.8) is 0 Å². The van der Waals surface area contributed by atoms with E-state index >= 15 is 0 Å². The van der Waals surface area contributed by atoms with Gasteiger partial charge in [0.15, 0.2) is 0 Å². The maximum Gasteiger partial charge on any atom is 0.244 e. The molecule has 0 aromatic carbocycles. The normalized spacial score (nSPS) is 24.6. The second kappa shape index (κ2) is 8.68. The number of hydrogen-bond acceptors (Lipinski definition) is 6. The number of anilines is 1. The van der Waals surface area contributed by atoms with Crippen molar-refractivity contribution in [2.45, 2.75) is 62.1 Å². The van der Waals surface area contributed by atoms with Crippen LogP contribution in [0.3, 0.4) is 0 Å². The Hall–Kier alpha value is -0.540. The van der Waals surface area contributed by atoms with Crippen LogP contribution in [0.25, 0.3) is 0 Å². The van der Waals surface area contributed by atoms with Gasteiger partial charge in [-0.2, -0.15) is 11.8 Å². The lowest BCUT2D eigenvalue weighted by Gasteiger charge is -2.35. The molecule has 0 amide bonds. The summed E-state index contributed by atoms with van der Waals surface area (Å²) in [5.74, 6) is 1.30. The van der Waals surface area contributed by atoms with Crippen molar-refractivity contribution in [2.75, 3.05) is 30.8 Å². The fourth-order valence-electron chi connectivity index (χ4n) is 3.71. The molecule has 2 aliphatic rings. The Labute approximate surface area is 177 Å². The molecule has 2 aliphatic heterocycles. The number of nitrogens with zero attached hydrogens (tertiary/aromatic N) is 1. The van der Waals surface area contributed by atoms with E-state index in [9.17, 15) is 8.42 Å². The molecule has 0 spiro atoms. The molecule has 0 bridgehead atoms. The van der Waals surface area contributed by atoms with E-state index in [2.05, 4.69) is 35.8 Å². The number of thioether (sulfide) groups is 1. The molecule has 3 rings (SSSR count). The average Bonchev–Trinajstić information content (AvgIpc) is 2.60. The molecule has 6 nitrogen and oxygen atoms in total. The number of ether oxygens (including phenoxy) is 1. The number of aromatic nitrogens is 1. The van der Waals surface area contributed by atoms with E-state index in [4.69, 9.17) is 16.3 Å². The van der Waals surface area contributed by atoms with Gasteiger partial charge in [0, 0.05) is 36.7 Å². The lowest BCUT2D eigenvalue weighted by molar-refractivity contribution is 0.0299. The van der Waals surface area contributed by atoms with Crippen LogP contribution in [0, 0.1) is 5.41 Å². The van der Waals surface area contributed by atoms with Crippen LogP contribution in [0.5, 0.6) is 0 Å². The van der Waals surface area contributed by atoms with Gasteiger partial charge in [-0.3, -0.25) is 0 Å². The Morgan fingerprint density at radius 1 is 1.32 bits per heavy atom. The maximum absolute atomic E-state index is 13.1. The number of hydrogen-bond donors (Lipinski definition) is 2. The third-order valence-electron chi connectivity index (χ3n) is 5.51. The number of halogens is 1. The first-order valence-corrected chi connectivity index (χ1v) is 12.6. The van der Waals surface area contributed by atoms with Gasteiger partial charge >= 0.3 is 0 Å². The summed E-state index contributed by atoms with van der Waals surface area (Å²) in [4.78, 5) is 4.40. The van der Waals surface area contributed by atoms with E-state index in [1.165, 1.54) is 12.3 Å². The summed E-state index contributed by atoms with van der Waals surface area (Å²) in [6.07, 6.45) is 4.97. The summed E-state index contributed by atoms with van der Waals surface area (Å²) in [5, 5.41) is 3.57. The molecule has 2 saturated heterocycles. The monoisotopic (exact) mass is 447 g/mol. The van der Waals surface area contributed by atoms with E-state index in [0.29, 0.717) is 17.4 Å². The van der Waals surface area contributed by atoms with E-state index in [1.807, 2.05) is 11.8 Å². The Balaban J connectivity index is 1.77. The third-order valence-corrected chi connectivity index (χ3v) is 8.64. The highest BCUT2D eigenvalue weighted by Crippen LogP contribution is 2.36. The van der Waals surface area contributed by atoms with Crippen LogP contribution in [0.1, 0.15) is 46.5 Å². The largest absolute Gasteiger partial charge is 0.381 e. The van der Waals surface area contributed by atoms with E-state index in [1.54, 1.807) is 0 Å². The van der Waals surface area contributed by atoms with Gasteiger partial charge in [-0.05, 0) is 42.9 Å². The fraction of sp³-hybridized carbons (Fsp3) is 0.737. The van der Waals surface area contributed by atoms with Crippen LogP contribution in [0.15, 0.2) is 17.2 Å². The second-order valence-electron chi connectivity index (χ2n) is 8.70. The molecule has 0 radical (unpaired) electrons. The van der Waals surface area contributed by atoms with Gasteiger partial charge in [-0.15, -0.1) is 0 Å². The zero-order valence-corrected chi connectivity index (χ0v) is 19.1. The smallest absolute Gasteiger partial charge is 0.244 e. The Bertz CT molecular complexity index is 796. The molecule has 28 heavy (non-hydrogen) atoms. The van der Waals surface area contributed by atoms with Gasteiger partial charge in [0.2, 0.25) is 10.0 Å². The first kappa shape index (κ1) is 22.2. The first-order valence-electron chi connectivity index (χ1n) is 9.72. The molecule has 1 aromatic heterocycles. The zero-order valence-electron chi connectivity index (χ0n) is 16.8. The summed E-state index contributed by atoms with van der Waals surface area (Å²) >= 11 is 7.97. The standard InChI is InChI=1S/C19H30ClN3O3S2/c1-18(2)11-15(4-9-27-18)23-28(24,25)16-10-14(20)12-21-17(16)22-13-19(3)5-7-26-8-6-19/h10,12,15,23H,4-9,11,13H2,1-3H3,(H,21,22). The zero-order chi connectivity index (χ0) is 20.4. The van der Waals surface area contributed by atoms with Gasteiger partial charge < -0.3 is 10.1 Å². The topological polar surface area (TPSA) is 80.3 Å². The molecule has 1 aromatic rings. The molecule has 158 valence electrons. The lowest BCUT2D eigenvalue weighted by atomic mass is 9.82. The van der Waals surface area contributed by atoms with E-state index in [0.717, 1.165) is 44.6 Å². The Morgan fingerprint density at radius 2 is 2.04 bits per heavy atom. The van der Waals surface area contributed by atoms with Gasteiger partial charge in [-0.1, -0.05) is 32.4 Å². The highest BCUT2D eigenvalue weighted by Gasteiger charge is 2.33. The first-order chi connectivity index (χ1) is 13.1. The Kier molecular flexibility index (Phi) is 6.86. The van der Waals surface area contributed by atoms with E-state index < -0.39 is 10.0 Å². The van der Waals surface area contributed by atoms with Crippen molar-refractivity contribution < 1.29 is 13.2 Å². The van der Waals surface area contributed by atoms with Crippen LogP contribution in [-0.4, -0.2) is 49.7 Å². The van der Waals surface area contributed by atoms with Crippen LogP contribution in [-0.2, 0) is 14.8 Å². The quantitative estimate of drug-likeness (QED) is 0.688. The van der Waals surface area contributed by atoms with Crippen LogP contribution in [0.4, 0.5) is 5.82 Å². The van der Waals surface area contributed by atoms with Crippen LogP contribution in [0.2, 0.25) is 5.02 Å². The molecule has 3 heterocycles. The van der Waals surface area contributed by atoms with Crippen molar-refractivity contribution >= 4 is 39.2 Å². The van der Waals surface area contributed by atoms with Crippen molar-refractivity contribution in [1.29, 1.82) is 0 Å². The lowest BCUT2D eigenvalue weighted by Crippen LogP contribution is -2.42. The summed E-state index contributed by atoms with van der Waals surface area (Å²) in [6.45, 7) is 8.59. The second-order valence-corrected chi connectivity index (χ2v) is 12.6. The van der Waals surface area contributed by atoms with Gasteiger partial charge in [0.25, 0.3) is 0 Å². The molecule has 0 saturated carbocycles. The fourth-order valence-corrected chi connectivity index (χ4v) is 6.64. The summed E-state index contributed by atoms with van der Waals surface area (Å²) in [7, 11) is -3.73. The number of nitrogens with one attached hydrogen (secondary N) is 2. The summed E-state index contributed by atoms with van der Waals surface area (Å²) < 4.78 is 34.7. The van der Waals surface area contributed by atoms with Crippen molar-refractivity contribution in [1.82, 2.24) is 9.71 Å². The van der Waals surface area contributed by atoms with Crippen LogP contribution >= 0.6 is 23.4 Å². The minimum absolute atomic E-state index is 0.0542. The molecule has 0 aliphatic carbocycles. The van der Waals surface area contributed by atoms with Crippen molar-refractivity contribution in [3.8, 4) is 0 Å². The summed E-state index contributed by atoms with van der Waals surface area (Å²) in [5.41, 5.74) is 0.0542. The minimum Gasteiger partial charge on any atom is -0.381 e. The number of rotatable bonds is 6. The molecule has 1 atom stereocenters. The molecular weight excluding hydrogens is 418 g/mol. The molecule has 9 heteroatoms. The van der Waals surface area contributed by atoms with Gasteiger partial charge in [0.05, 0.1) is 5.02 Å². The molecule has 2 N–H and O–H groups in total. The third kappa shape index (κ3) is 5.75. The molecular formula is C19H30ClN3O3S2. The molecule has 2 fully saturated rings. The predicted octanol–water partition coefficient (Wildman–Crippen LogP) is 3.92. The number of sulfonamides is 1. The van der Waals surface area contributed by atoms with Crippen molar-refractivity contribution in [3.05, 3.63) is 17.3 Å². The average molecular weight is 448 g/mol. The van der Waals surface area contributed by atoms with Gasteiger partial charge in [-0.25, -0.2) is 18.1 Å². The van der Waals surface area contributed by atoms with E-state index in [-0.39, 0.29) is 21.1 Å². The highest BCUT2D eigenvalue weighted by atomic mass is 35.5. The maximum atomic E-state index is 13.1.